The topological polar surface area (TPSA) is 87.9 Å². The van der Waals surface area contributed by atoms with Crippen LogP contribution in [0.5, 0.6) is 0 Å². The van der Waals surface area contributed by atoms with Crippen molar-refractivity contribution in [3.05, 3.63) is 29.4 Å². The van der Waals surface area contributed by atoms with E-state index in [2.05, 4.69) is 20.1 Å². The second-order valence-electron chi connectivity index (χ2n) is 5.80. The number of imidazole rings is 1. The molecule has 0 spiro atoms. The number of H-pyrrole nitrogens is 1. The quantitative estimate of drug-likeness (QED) is 0.932. The molecule has 1 aliphatic heterocycles. The summed E-state index contributed by atoms with van der Waals surface area (Å²) >= 11 is 0. The number of carbonyl (C=O) groups is 1. The van der Waals surface area contributed by atoms with Crippen LogP contribution in [0.2, 0.25) is 0 Å². The molecule has 1 aliphatic carbocycles. The first-order valence-electron chi connectivity index (χ1n) is 7.38. The fourth-order valence-corrected chi connectivity index (χ4v) is 2.84. The Balaban J connectivity index is 1.57. The van der Waals surface area contributed by atoms with Crippen LogP contribution >= 0.6 is 0 Å². The Bertz CT molecular complexity index is 672. The lowest BCUT2D eigenvalue weighted by atomic mass is 10.2. The van der Waals surface area contributed by atoms with E-state index < -0.39 is 0 Å². The minimum Gasteiger partial charge on any atom is -0.339 e. The Labute approximate surface area is 121 Å². The van der Waals surface area contributed by atoms with Gasteiger partial charge in [-0.2, -0.15) is 4.98 Å². The number of hydrogen-bond acceptors (Lipinski definition) is 5. The maximum absolute atomic E-state index is 12.6. The Morgan fingerprint density at radius 2 is 2.29 bits per heavy atom. The van der Waals surface area contributed by atoms with Crippen LogP contribution < -0.4 is 0 Å². The van der Waals surface area contributed by atoms with E-state index in [1.54, 1.807) is 6.20 Å². The molecule has 0 bridgehead atoms. The standard InChI is InChI=1S/C14H17N5O2/c1-8-15-7-10(16-8)14(20)19-6-2-3-11(19)12-17-13(21-18-12)9-4-5-9/h7,9,11H,2-6H2,1H3,(H,15,16). The largest absolute Gasteiger partial charge is 0.339 e. The van der Waals surface area contributed by atoms with Gasteiger partial charge in [0.15, 0.2) is 5.82 Å². The van der Waals surface area contributed by atoms with Gasteiger partial charge in [-0.3, -0.25) is 4.79 Å². The Morgan fingerprint density at radius 3 is 3.00 bits per heavy atom. The van der Waals surface area contributed by atoms with Crippen LogP contribution in [0.4, 0.5) is 0 Å². The van der Waals surface area contributed by atoms with Crippen molar-refractivity contribution in [1.82, 2.24) is 25.0 Å². The van der Waals surface area contributed by atoms with Crippen molar-refractivity contribution in [2.75, 3.05) is 6.54 Å². The van der Waals surface area contributed by atoms with E-state index in [9.17, 15) is 4.79 Å². The number of nitrogens with zero attached hydrogens (tertiary/aromatic N) is 4. The van der Waals surface area contributed by atoms with Gasteiger partial charge in [0.1, 0.15) is 11.5 Å². The highest BCUT2D eigenvalue weighted by Crippen LogP contribution is 2.40. The van der Waals surface area contributed by atoms with Gasteiger partial charge >= 0.3 is 0 Å². The number of aryl methyl sites for hydroxylation is 1. The lowest BCUT2D eigenvalue weighted by Gasteiger charge is -2.21. The number of likely N-dealkylation sites (tertiary alicyclic amines) is 1. The molecule has 1 unspecified atom stereocenters. The van der Waals surface area contributed by atoms with Crippen LogP contribution in [0.1, 0.15) is 65.7 Å². The SMILES string of the molecule is Cc1ncc(C(=O)N2CCCC2c2noc(C3CC3)n2)[nH]1. The van der Waals surface area contributed by atoms with Gasteiger partial charge < -0.3 is 14.4 Å². The highest BCUT2D eigenvalue weighted by molar-refractivity contribution is 5.92. The highest BCUT2D eigenvalue weighted by atomic mass is 16.5. The predicted octanol–water partition coefficient (Wildman–Crippen LogP) is 1.96. The van der Waals surface area contributed by atoms with Crippen LogP contribution in [0.3, 0.4) is 0 Å². The smallest absolute Gasteiger partial charge is 0.272 e. The Morgan fingerprint density at radius 1 is 1.43 bits per heavy atom. The fraction of sp³-hybridized carbons (Fsp3) is 0.571. The summed E-state index contributed by atoms with van der Waals surface area (Å²) in [5.74, 6) is 2.49. The average Bonchev–Trinajstić information content (AvgIpc) is 2.94. The normalized spacial score (nSPS) is 22.0. The molecular weight excluding hydrogens is 270 g/mol. The molecule has 1 amide bonds. The lowest BCUT2D eigenvalue weighted by Crippen LogP contribution is -2.31. The van der Waals surface area contributed by atoms with Crippen molar-refractivity contribution < 1.29 is 9.32 Å². The summed E-state index contributed by atoms with van der Waals surface area (Å²) < 4.78 is 5.32. The summed E-state index contributed by atoms with van der Waals surface area (Å²) in [6.07, 6.45) is 5.67. The molecular formula is C14H17N5O2. The van der Waals surface area contributed by atoms with E-state index >= 15 is 0 Å². The molecule has 2 aliphatic rings. The number of aromatic nitrogens is 4. The zero-order chi connectivity index (χ0) is 14.4. The molecule has 7 nitrogen and oxygen atoms in total. The predicted molar refractivity (Wildman–Crippen MR) is 72.6 cm³/mol. The lowest BCUT2D eigenvalue weighted by molar-refractivity contribution is 0.0723. The molecule has 21 heavy (non-hydrogen) atoms. The van der Waals surface area contributed by atoms with E-state index in [-0.39, 0.29) is 11.9 Å². The molecule has 1 N–H and O–H groups in total. The molecule has 1 saturated heterocycles. The molecule has 3 heterocycles. The summed E-state index contributed by atoms with van der Waals surface area (Å²) in [5, 5.41) is 4.09. The molecule has 7 heteroatoms. The number of nitrogens with one attached hydrogen (secondary N) is 1. The Kier molecular flexibility index (Phi) is 2.80. The minimum absolute atomic E-state index is 0.0455. The van der Waals surface area contributed by atoms with Crippen LogP contribution in [0.25, 0.3) is 0 Å². The summed E-state index contributed by atoms with van der Waals surface area (Å²) in [5.41, 5.74) is 0.519. The summed E-state index contributed by atoms with van der Waals surface area (Å²) in [6, 6.07) is -0.0858. The molecule has 2 aromatic heterocycles. The third kappa shape index (κ3) is 2.22. The molecule has 1 saturated carbocycles. The summed E-state index contributed by atoms with van der Waals surface area (Å²) in [4.78, 5) is 25.9. The van der Waals surface area contributed by atoms with E-state index in [4.69, 9.17) is 4.52 Å². The molecule has 0 radical (unpaired) electrons. The van der Waals surface area contributed by atoms with E-state index in [0.717, 1.165) is 43.9 Å². The van der Waals surface area contributed by atoms with Crippen molar-refractivity contribution in [3.8, 4) is 0 Å². The number of amides is 1. The van der Waals surface area contributed by atoms with Gasteiger partial charge in [-0.1, -0.05) is 5.16 Å². The van der Waals surface area contributed by atoms with Crippen molar-refractivity contribution in [2.45, 2.75) is 44.6 Å². The third-order valence-electron chi connectivity index (χ3n) is 4.13. The number of hydrogen-bond donors (Lipinski definition) is 1. The van der Waals surface area contributed by atoms with E-state index in [1.165, 1.54) is 0 Å². The van der Waals surface area contributed by atoms with Gasteiger partial charge in [-0.15, -0.1) is 0 Å². The van der Waals surface area contributed by atoms with Crippen molar-refractivity contribution in [1.29, 1.82) is 0 Å². The van der Waals surface area contributed by atoms with Gasteiger partial charge in [-0.25, -0.2) is 4.98 Å². The van der Waals surface area contributed by atoms with Gasteiger partial charge in [0.25, 0.3) is 5.91 Å². The molecule has 2 fully saturated rings. The number of carbonyl (C=O) groups excluding carboxylic acids is 1. The fourth-order valence-electron chi connectivity index (χ4n) is 2.84. The maximum Gasteiger partial charge on any atom is 0.272 e. The zero-order valence-electron chi connectivity index (χ0n) is 11.9. The number of aromatic amines is 1. The average molecular weight is 287 g/mol. The monoisotopic (exact) mass is 287 g/mol. The molecule has 0 aromatic carbocycles. The third-order valence-corrected chi connectivity index (χ3v) is 4.13. The van der Waals surface area contributed by atoms with Gasteiger partial charge in [0.05, 0.1) is 12.2 Å². The van der Waals surface area contributed by atoms with Crippen LogP contribution in [0.15, 0.2) is 10.7 Å². The summed E-state index contributed by atoms with van der Waals surface area (Å²) in [7, 11) is 0. The molecule has 4 rings (SSSR count). The van der Waals surface area contributed by atoms with Crippen LogP contribution in [0, 0.1) is 6.92 Å². The van der Waals surface area contributed by atoms with Gasteiger partial charge in [0, 0.05) is 12.5 Å². The second-order valence-corrected chi connectivity index (χ2v) is 5.80. The maximum atomic E-state index is 12.6. The van der Waals surface area contributed by atoms with Gasteiger partial charge in [0.2, 0.25) is 5.89 Å². The first kappa shape index (κ1) is 12.6. The van der Waals surface area contributed by atoms with Crippen molar-refractivity contribution in [3.63, 3.8) is 0 Å². The molecule has 2 aromatic rings. The minimum atomic E-state index is -0.0858. The second kappa shape index (κ2) is 4.68. The highest BCUT2D eigenvalue weighted by Gasteiger charge is 2.36. The Hall–Kier alpha value is -2.18. The van der Waals surface area contributed by atoms with Crippen LogP contribution in [-0.4, -0.2) is 37.5 Å². The molecule has 1 atom stereocenters. The zero-order valence-corrected chi connectivity index (χ0v) is 11.9. The van der Waals surface area contributed by atoms with E-state index in [1.807, 2.05) is 11.8 Å². The first-order chi connectivity index (χ1) is 10.2. The first-order valence-corrected chi connectivity index (χ1v) is 7.38. The van der Waals surface area contributed by atoms with Crippen LogP contribution in [-0.2, 0) is 0 Å². The molecule has 110 valence electrons. The van der Waals surface area contributed by atoms with Gasteiger partial charge in [-0.05, 0) is 32.6 Å². The van der Waals surface area contributed by atoms with Crippen molar-refractivity contribution >= 4 is 5.91 Å². The van der Waals surface area contributed by atoms with Crippen molar-refractivity contribution in [2.24, 2.45) is 0 Å². The van der Waals surface area contributed by atoms with E-state index in [0.29, 0.717) is 17.4 Å². The summed E-state index contributed by atoms with van der Waals surface area (Å²) in [6.45, 7) is 2.55. The number of rotatable bonds is 3.